The van der Waals surface area contributed by atoms with Crippen molar-refractivity contribution in [3.05, 3.63) is 21.4 Å². The van der Waals surface area contributed by atoms with E-state index in [-0.39, 0.29) is 6.04 Å². The molecule has 2 heteroatoms. The third kappa shape index (κ3) is 2.37. The van der Waals surface area contributed by atoms with Gasteiger partial charge < -0.3 is 5.73 Å². The first kappa shape index (κ1) is 11.7. The Kier molecular flexibility index (Phi) is 4.14. The molecule has 1 aromatic heterocycles. The maximum atomic E-state index is 6.25. The summed E-state index contributed by atoms with van der Waals surface area (Å²) >= 11 is 1.86. The average molecular weight is 211 g/mol. The molecule has 0 aliphatic rings. The van der Waals surface area contributed by atoms with Crippen LogP contribution >= 0.6 is 11.3 Å². The van der Waals surface area contributed by atoms with E-state index in [9.17, 15) is 0 Å². The highest BCUT2D eigenvalue weighted by Crippen LogP contribution is 2.31. The normalized spacial score (nSPS) is 13.6. The molecular formula is C12H21NS. The smallest absolute Gasteiger partial charge is 0.0418 e. The minimum atomic E-state index is 0.238. The van der Waals surface area contributed by atoms with Crippen LogP contribution in [0.25, 0.3) is 0 Å². The maximum Gasteiger partial charge on any atom is 0.0418 e. The van der Waals surface area contributed by atoms with E-state index in [1.165, 1.54) is 28.2 Å². The predicted octanol–water partition coefficient (Wildman–Crippen LogP) is 3.80. The average Bonchev–Trinajstić information content (AvgIpc) is 2.49. The van der Waals surface area contributed by atoms with Crippen LogP contribution in [-0.2, 0) is 0 Å². The van der Waals surface area contributed by atoms with Gasteiger partial charge in [-0.3, -0.25) is 0 Å². The SMILES string of the molecule is CCC(CC)C(N)c1cc(C)c(C)s1. The Labute approximate surface area is 91.3 Å². The highest BCUT2D eigenvalue weighted by atomic mass is 32.1. The summed E-state index contributed by atoms with van der Waals surface area (Å²) in [5.41, 5.74) is 7.63. The lowest BCUT2D eigenvalue weighted by Gasteiger charge is -2.19. The van der Waals surface area contributed by atoms with Crippen molar-refractivity contribution in [2.45, 2.75) is 46.6 Å². The van der Waals surface area contributed by atoms with E-state index in [2.05, 4.69) is 33.8 Å². The summed E-state index contributed by atoms with van der Waals surface area (Å²) in [5.74, 6) is 0.632. The summed E-state index contributed by atoms with van der Waals surface area (Å²) < 4.78 is 0. The second kappa shape index (κ2) is 4.94. The summed E-state index contributed by atoms with van der Waals surface area (Å²) in [6.07, 6.45) is 2.35. The molecule has 1 unspecified atom stereocenters. The third-order valence-corrected chi connectivity index (χ3v) is 4.32. The van der Waals surface area contributed by atoms with Crippen LogP contribution in [0.15, 0.2) is 6.07 Å². The minimum Gasteiger partial charge on any atom is -0.323 e. The predicted molar refractivity (Wildman–Crippen MR) is 64.8 cm³/mol. The number of hydrogen-bond acceptors (Lipinski definition) is 2. The van der Waals surface area contributed by atoms with Crippen LogP contribution in [0.2, 0.25) is 0 Å². The number of thiophene rings is 1. The molecule has 1 rings (SSSR count). The highest BCUT2D eigenvalue weighted by molar-refractivity contribution is 7.12. The minimum absolute atomic E-state index is 0.238. The van der Waals surface area contributed by atoms with Crippen molar-refractivity contribution in [2.75, 3.05) is 0 Å². The van der Waals surface area contributed by atoms with Crippen LogP contribution in [0, 0.1) is 19.8 Å². The van der Waals surface area contributed by atoms with E-state index in [1.54, 1.807) is 0 Å². The van der Waals surface area contributed by atoms with E-state index in [1.807, 2.05) is 11.3 Å². The van der Waals surface area contributed by atoms with Gasteiger partial charge in [-0.1, -0.05) is 26.7 Å². The molecule has 80 valence electrons. The first-order valence-electron chi connectivity index (χ1n) is 5.42. The van der Waals surface area contributed by atoms with E-state index in [4.69, 9.17) is 5.73 Å². The molecule has 2 N–H and O–H groups in total. The Morgan fingerprint density at radius 3 is 2.21 bits per heavy atom. The van der Waals surface area contributed by atoms with Crippen molar-refractivity contribution in [1.29, 1.82) is 0 Å². The monoisotopic (exact) mass is 211 g/mol. The summed E-state index contributed by atoms with van der Waals surface area (Å²) in [4.78, 5) is 2.76. The molecule has 1 nitrogen and oxygen atoms in total. The van der Waals surface area contributed by atoms with Crippen molar-refractivity contribution in [3.8, 4) is 0 Å². The molecule has 0 aromatic carbocycles. The zero-order valence-corrected chi connectivity index (χ0v) is 10.4. The summed E-state index contributed by atoms with van der Waals surface area (Å²) in [7, 11) is 0. The van der Waals surface area contributed by atoms with Gasteiger partial charge in [-0.25, -0.2) is 0 Å². The molecule has 0 radical (unpaired) electrons. The maximum absolute atomic E-state index is 6.25. The molecule has 0 saturated heterocycles. The van der Waals surface area contributed by atoms with Gasteiger partial charge in [-0.05, 0) is 31.4 Å². The molecule has 1 heterocycles. The Bertz CT molecular complexity index is 267. The summed E-state index contributed by atoms with van der Waals surface area (Å²) in [6, 6.07) is 2.49. The van der Waals surface area contributed by atoms with Gasteiger partial charge in [0.1, 0.15) is 0 Å². The fraction of sp³-hybridized carbons (Fsp3) is 0.667. The van der Waals surface area contributed by atoms with E-state index in [0.717, 1.165) is 0 Å². The van der Waals surface area contributed by atoms with E-state index < -0.39 is 0 Å². The van der Waals surface area contributed by atoms with Crippen molar-refractivity contribution >= 4 is 11.3 Å². The molecule has 1 atom stereocenters. The van der Waals surface area contributed by atoms with Gasteiger partial charge in [0.2, 0.25) is 0 Å². The molecule has 1 aromatic rings. The van der Waals surface area contributed by atoms with Crippen LogP contribution in [0.1, 0.15) is 48.0 Å². The second-order valence-electron chi connectivity index (χ2n) is 3.99. The van der Waals surface area contributed by atoms with Crippen molar-refractivity contribution in [3.63, 3.8) is 0 Å². The highest BCUT2D eigenvalue weighted by Gasteiger charge is 2.18. The molecule has 0 aliphatic carbocycles. The molecule has 0 spiro atoms. The molecule has 0 amide bonds. The van der Waals surface area contributed by atoms with Gasteiger partial charge >= 0.3 is 0 Å². The van der Waals surface area contributed by atoms with Gasteiger partial charge in [0.25, 0.3) is 0 Å². The first-order valence-corrected chi connectivity index (χ1v) is 6.24. The fourth-order valence-corrected chi connectivity index (χ4v) is 2.93. The number of aryl methyl sites for hydroxylation is 2. The van der Waals surface area contributed by atoms with Crippen LogP contribution in [0.5, 0.6) is 0 Å². The standard InChI is InChI=1S/C12H21NS/c1-5-10(6-2)12(13)11-7-8(3)9(4)14-11/h7,10,12H,5-6,13H2,1-4H3. The number of nitrogens with two attached hydrogens (primary N) is 1. The Hall–Kier alpha value is -0.340. The number of rotatable bonds is 4. The van der Waals surface area contributed by atoms with E-state index >= 15 is 0 Å². The quantitative estimate of drug-likeness (QED) is 0.805. The lowest BCUT2D eigenvalue weighted by Crippen LogP contribution is -2.19. The Morgan fingerprint density at radius 2 is 1.86 bits per heavy atom. The van der Waals surface area contributed by atoms with Crippen LogP contribution in [0.4, 0.5) is 0 Å². The molecule has 0 aliphatic heterocycles. The summed E-state index contributed by atoms with van der Waals surface area (Å²) in [6.45, 7) is 8.78. The molecule has 0 saturated carbocycles. The Morgan fingerprint density at radius 1 is 1.29 bits per heavy atom. The molecule has 0 fully saturated rings. The Balaban J connectivity index is 2.82. The zero-order valence-electron chi connectivity index (χ0n) is 9.63. The van der Waals surface area contributed by atoms with Gasteiger partial charge in [-0.15, -0.1) is 11.3 Å². The molecular weight excluding hydrogens is 190 g/mol. The van der Waals surface area contributed by atoms with Crippen molar-refractivity contribution in [2.24, 2.45) is 11.7 Å². The van der Waals surface area contributed by atoms with Gasteiger partial charge in [0.15, 0.2) is 0 Å². The topological polar surface area (TPSA) is 26.0 Å². The first-order chi connectivity index (χ1) is 6.60. The molecule has 14 heavy (non-hydrogen) atoms. The van der Waals surface area contributed by atoms with Crippen LogP contribution < -0.4 is 5.73 Å². The van der Waals surface area contributed by atoms with Gasteiger partial charge in [0.05, 0.1) is 0 Å². The van der Waals surface area contributed by atoms with Crippen molar-refractivity contribution in [1.82, 2.24) is 0 Å². The van der Waals surface area contributed by atoms with Crippen LogP contribution in [-0.4, -0.2) is 0 Å². The third-order valence-electron chi connectivity index (χ3n) is 3.07. The van der Waals surface area contributed by atoms with E-state index in [0.29, 0.717) is 5.92 Å². The lowest BCUT2D eigenvalue weighted by atomic mass is 9.93. The largest absolute Gasteiger partial charge is 0.323 e. The lowest BCUT2D eigenvalue weighted by molar-refractivity contribution is 0.410. The second-order valence-corrected chi connectivity index (χ2v) is 5.28. The van der Waals surface area contributed by atoms with Crippen LogP contribution in [0.3, 0.4) is 0 Å². The zero-order chi connectivity index (χ0) is 10.7. The fourth-order valence-electron chi connectivity index (χ4n) is 1.79. The summed E-state index contributed by atoms with van der Waals surface area (Å²) in [5, 5.41) is 0. The van der Waals surface area contributed by atoms with Gasteiger partial charge in [0, 0.05) is 15.8 Å². The van der Waals surface area contributed by atoms with Gasteiger partial charge in [-0.2, -0.15) is 0 Å². The van der Waals surface area contributed by atoms with Crippen molar-refractivity contribution < 1.29 is 0 Å². The molecule has 0 bridgehead atoms. The number of hydrogen-bond donors (Lipinski definition) is 1.